The van der Waals surface area contributed by atoms with Crippen molar-refractivity contribution < 1.29 is 15.0 Å². The van der Waals surface area contributed by atoms with Crippen LogP contribution in [-0.2, 0) is 0 Å². The number of H-pyrrole nitrogens is 1. The average Bonchev–Trinajstić information content (AvgIpc) is 2.30. The van der Waals surface area contributed by atoms with Crippen LogP contribution in [0.2, 0.25) is 0 Å². The maximum Gasteiger partial charge on any atom is 0.257 e. The van der Waals surface area contributed by atoms with E-state index >= 15 is 0 Å². The number of amides is 1. The summed E-state index contributed by atoms with van der Waals surface area (Å²) < 4.78 is 0. The van der Waals surface area contributed by atoms with Gasteiger partial charge in [0.2, 0.25) is 5.43 Å². The topological polar surface area (TPSA) is 102 Å². The molecule has 1 aromatic carbocycles. The second-order valence-corrected chi connectivity index (χ2v) is 5.62. The summed E-state index contributed by atoms with van der Waals surface area (Å²) in [7, 11) is 0. The first kappa shape index (κ1) is 13.9. The normalized spacial score (nSPS) is 11.6. The van der Waals surface area contributed by atoms with E-state index in [9.17, 15) is 19.8 Å². The van der Waals surface area contributed by atoms with Crippen molar-refractivity contribution in [2.45, 2.75) is 26.3 Å². The quantitative estimate of drug-likeness (QED) is 0.592. The molecule has 0 radical (unpaired) electrons. The number of hydrogen-bond donors (Lipinski definition) is 4. The average molecular weight is 276 g/mol. The van der Waals surface area contributed by atoms with E-state index in [4.69, 9.17) is 0 Å². The van der Waals surface area contributed by atoms with Crippen LogP contribution in [0.5, 0.6) is 11.5 Å². The Labute approximate surface area is 115 Å². The molecule has 2 aromatic rings. The monoisotopic (exact) mass is 276 g/mol. The van der Waals surface area contributed by atoms with Crippen LogP contribution in [-0.4, -0.2) is 26.6 Å². The molecule has 106 valence electrons. The number of fused-ring (bicyclic) bond motifs is 1. The van der Waals surface area contributed by atoms with Gasteiger partial charge in [0.05, 0.1) is 10.9 Å². The van der Waals surface area contributed by atoms with Crippen molar-refractivity contribution in [2.75, 3.05) is 0 Å². The van der Waals surface area contributed by atoms with Crippen LogP contribution < -0.4 is 10.7 Å². The smallest absolute Gasteiger partial charge is 0.257 e. The van der Waals surface area contributed by atoms with Crippen LogP contribution in [0.4, 0.5) is 0 Å². The first-order valence-corrected chi connectivity index (χ1v) is 6.09. The zero-order chi connectivity index (χ0) is 15.1. The van der Waals surface area contributed by atoms with Crippen LogP contribution in [0, 0.1) is 0 Å². The van der Waals surface area contributed by atoms with Gasteiger partial charge in [0.1, 0.15) is 5.56 Å². The summed E-state index contributed by atoms with van der Waals surface area (Å²) in [6.07, 6.45) is 1.29. The van der Waals surface area contributed by atoms with E-state index in [1.165, 1.54) is 12.3 Å². The number of aromatic amines is 1. The molecule has 4 N–H and O–H groups in total. The Balaban J connectivity index is 2.58. The summed E-state index contributed by atoms with van der Waals surface area (Å²) in [5, 5.41) is 21.7. The Morgan fingerprint density at radius 3 is 2.40 bits per heavy atom. The number of aromatic nitrogens is 1. The van der Waals surface area contributed by atoms with Gasteiger partial charge in [-0.1, -0.05) is 0 Å². The van der Waals surface area contributed by atoms with E-state index in [2.05, 4.69) is 10.3 Å². The Bertz CT molecular complexity index is 741. The molecule has 2 rings (SSSR count). The molecule has 0 spiro atoms. The van der Waals surface area contributed by atoms with Crippen molar-refractivity contribution in [3.05, 3.63) is 34.1 Å². The van der Waals surface area contributed by atoms with E-state index in [1.807, 2.05) is 20.8 Å². The van der Waals surface area contributed by atoms with Crippen LogP contribution in [0.3, 0.4) is 0 Å². The highest BCUT2D eigenvalue weighted by Crippen LogP contribution is 2.27. The molecule has 6 heteroatoms. The van der Waals surface area contributed by atoms with E-state index in [0.29, 0.717) is 5.52 Å². The first-order chi connectivity index (χ1) is 9.19. The minimum absolute atomic E-state index is 0.0440. The largest absolute Gasteiger partial charge is 0.504 e. The highest BCUT2D eigenvalue weighted by Gasteiger charge is 2.19. The number of phenols is 2. The number of carbonyl (C=O) groups excluding carboxylic acids is 1. The fourth-order valence-electron chi connectivity index (χ4n) is 1.82. The summed E-state index contributed by atoms with van der Waals surface area (Å²) in [5.74, 6) is -1.23. The summed E-state index contributed by atoms with van der Waals surface area (Å²) in [6, 6.07) is 2.37. The molecular weight excluding hydrogens is 260 g/mol. The number of phenolic OH excluding ortho intramolecular Hbond substituents is 2. The molecule has 0 unspecified atom stereocenters. The van der Waals surface area contributed by atoms with E-state index < -0.39 is 22.6 Å². The highest BCUT2D eigenvalue weighted by molar-refractivity contribution is 5.97. The number of hydrogen-bond acceptors (Lipinski definition) is 4. The fourth-order valence-corrected chi connectivity index (χ4v) is 1.82. The van der Waals surface area contributed by atoms with Crippen LogP contribution in [0.1, 0.15) is 31.1 Å². The highest BCUT2D eigenvalue weighted by atomic mass is 16.3. The minimum atomic E-state index is -0.504. The second-order valence-electron chi connectivity index (χ2n) is 5.62. The van der Waals surface area contributed by atoms with Gasteiger partial charge in [-0.25, -0.2) is 0 Å². The van der Waals surface area contributed by atoms with E-state index in [1.54, 1.807) is 0 Å². The van der Waals surface area contributed by atoms with Gasteiger partial charge < -0.3 is 20.5 Å². The lowest BCUT2D eigenvalue weighted by atomic mass is 10.1. The molecule has 0 aliphatic heterocycles. The van der Waals surface area contributed by atoms with Crippen molar-refractivity contribution in [3.8, 4) is 11.5 Å². The van der Waals surface area contributed by atoms with E-state index in [0.717, 1.165) is 6.07 Å². The van der Waals surface area contributed by atoms with Crippen molar-refractivity contribution in [1.82, 2.24) is 10.3 Å². The maximum absolute atomic E-state index is 12.2. The molecular formula is C14H16N2O4. The standard InChI is InChI=1S/C14H16N2O4/c1-14(2,3)16-13(20)8-6-15-9-5-11(18)10(17)4-7(9)12(8)19/h4-6,17-18H,1-3H3,(H,15,19)(H,16,20). The second kappa shape index (κ2) is 4.56. The SMILES string of the molecule is CC(C)(C)NC(=O)c1c[nH]c2cc(O)c(O)cc2c1=O. The van der Waals surface area contributed by atoms with Gasteiger partial charge in [-0.15, -0.1) is 0 Å². The molecule has 0 aliphatic rings. The number of carbonyl (C=O) groups is 1. The van der Waals surface area contributed by atoms with Crippen LogP contribution in [0.15, 0.2) is 23.1 Å². The molecule has 0 aliphatic carbocycles. The molecule has 0 saturated carbocycles. The number of pyridine rings is 1. The van der Waals surface area contributed by atoms with Crippen LogP contribution >= 0.6 is 0 Å². The molecule has 20 heavy (non-hydrogen) atoms. The molecule has 1 heterocycles. The molecule has 1 aromatic heterocycles. The van der Waals surface area contributed by atoms with Crippen LogP contribution in [0.25, 0.3) is 10.9 Å². The summed E-state index contributed by atoms with van der Waals surface area (Å²) >= 11 is 0. The third-order valence-electron chi connectivity index (χ3n) is 2.71. The lowest BCUT2D eigenvalue weighted by Crippen LogP contribution is -2.42. The third-order valence-corrected chi connectivity index (χ3v) is 2.71. The molecule has 1 amide bonds. The fraction of sp³-hybridized carbons (Fsp3) is 0.286. The lowest BCUT2D eigenvalue weighted by Gasteiger charge is -2.20. The molecule has 0 saturated heterocycles. The Kier molecular flexibility index (Phi) is 3.17. The number of benzene rings is 1. The molecule has 0 bridgehead atoms. The number of rotatable bonds is 1. The lowest BCUT2D eigenvalue weighted by molar-refractivity contribution is 0.0918. The van der Waals surface area contributed by atoms with Gasteiger partial charge in [0.25, 0.3) is 5.91 Å². The molecule has 0 atom stereocenters. The van der Waals surface area contributed by atoms with Gasteiger partial charge in [-0.05, 0) is 26.8 Å². The van der Waals surface area contributed by atoms with Gasteiger partial charge in [0.15, 0.2) is 11.5 Å². The Morgan fingerprint density at radius 2 is 1.80 bits per heavy atom. The van der Waals surface area contributed by atoms with E-state index in [-0.39, 0.29) is 16.7 Å². The van der Waals surface area contributed by atoms with Crippen molar-refractivity contribution in [2.24, 2.45) is 0 Å². The number of nitrogens with one attached hydrogen (secondary N) is 2. The summed E-state index contributed by atoms with van der Waals surface area (Å²) in [4.78, 5) is 27.0. The van der Waals surface area contributed by atoms with Gasteiger partial charge >= 0.3 is 0 Å². The predicted molar refractivity (Wildman–Crippen MR) is 75.1 cm³/mol. The van der Waals surface area contributed by atoms with Gasteiger partial charge in [-0.3, -0.25) is 9.59 Å². The molecule has 0 fully saturated rings. The van der Waals surface area contributed by atoms with Crippen molar-refractivity contribution in [3.63, 3.8) is 0 Å². The number of aromatic hydroxyl groups is 2. The summed E-state index contributed by atoms with van der Waals surface area (Å²) in [5.41, 5.74) is -0.666. The van der Waals surface area contributed by atoms with Crippen molar-refractivity contribution in [1.29, 1.82) is 0 Å². The Morgan fingerprint density at radius 1 is 1.20 bits per heavy atom. The zero-order valence-electron chi connectivity index (χ0n) is 11.4. The Hall–Kier alpha value is -2.50. The predicted octanol–water partition coefficient (Wildman–Crippen LogP) is 1.47. The summed E-state index contributed by atoms with van der Waals surface area (Å²) in [6.45, 7) is 5.43. The zero-order valence-corrected chi connectivity index (χ0v) is 11.4. The maximum atomic E-state index is 12.2. The third kappa shape index (κ3) is 2.59. The van der Waals surface area contributed by atoms with Crippen molar-refractivity contribution >= 4 is 16.8 Å². The van der Waals surface area contributed by atoms with Gasteiger partial charge in [-0.2, -0.15) is 0 Å². The van der Waals surface area contributed by atoms with Gasteiger partial charge in [0, 0.05) is 17.8 Å². The molecule has 6 nitrogen and oxygen atoms in total. The first-order valence-electron chi connectivity index (χ1n) is 6.09. The minimum Gasteiger partial charge on any atom is -0.504 e.